The summed E-state index contributed by atoms with van der Waals surface area (Å²) in [5.74, 6) is 0.843. The molecule has 8 heteroatoms. The van der Waals surface area contributed by atoms with Crippen molar-refractivity contribution in [1.82, 2.24) is 14.8 Å². The summed E-state index contributed by atoms with van der Waals surface area (Å²) in [5, 5.41) is 8.04. The van der Waals surface area contributed by atoms with Gasteiger partial charge in [0.15, 0.2) is 0 Å². The number of allylic oxidation sites excluding steroid dienone is 2. The molecular formula is C31H39ClN6O. The zero-order chi connectivity index (χ0) is 28.2. The van der Waals surface area contributed by atoms with Crippen LogP contribution in [0.15, 0.2) is 64.9 Å². The van der Waals surface area contributed by atoms with Crippen molar-refractivity contribution in [3.8, 4) is 12.8 Å². The number of pyridine rings is 1. The van der Waals surface area contributed by atoms with Crippen molar-refractivity contribution in [3.63, 3.8) is 0 Å². The molecule has 1 aromatic carbocycles. The molecule has 206 valence electrons. The van der Waals surface area contributed by atoms with Gasteiger partial charge in [0.2, 0.25) is 0 Å². The maximum Gasteiger partial charge on any atom is 0.137 e. The number of hydrogen-bond acceptors (Lipinski definition) is 7. The van der Waals surface area contributed by atoms with Crippen LogP contribution in [0.3, 0.4) is 0 Å². The second-order valence-electron chi connectivity index (χ2n) is 11.2. The number of aromatic nitrogens is 1. The molecule has 2 aromatic rings. The van der Waals surface area contributed by atoms with E-state index in [2.05, 4.69) is 105 Å². The molecule has 0 saturated carbocycles. The van der Waals surface area contributed by atoms with Gasteiger partial charge in [0.25, 0.3) is 0 Å². The zero-order valence-electron chi connectivity index (χ0n) is 23.5. The minimum absolute atomic E-state index is 0.00534. The first-order valence-electron chi connectivity index (χ1n) is 13.3. The number of nitrogens with one attached hydrogen (secondary N) is 2. The lowest BCUT2D eigenvalue weighted by Crippen LogP contribution is -2.46. The molecule has 3 aliphatic rings. The lowest BCUT2D eigenvalue weighted by Gasteiger charge is -2.35. The molecule has 7 nitrogen and oxygen atoms in total. The third-order valence-corrected chi connectivity index (χ3v) is 7.35. The van der Waals surface area contributed by atoms with Crippen LogP contribution in [-0.4, -0.2) is 66.2 Å². The number of aliphatic imine (C=N–C) groups is 1. The standard InChI is InChI=1S/C29H37ClN6O.C2H2/c1-19-17-36(13-14-37-19)18-26-33-24-15-20(27-23(30)7-6-12-35(27)5)8-10-22(24)28(34-26)32-21-9-11-25(31-16-21)29(2,3)4;1-2/h6-12,15-16,19,26-27,33H,13-14,17-18H2,1-5H3,(H,32,34);1-2H/t19-,26?,27?;/m0./s1. The number of amidine groups is 1. The minimum atomic E-state index is -0.0904. The van der Waals surface area contributed by atoms with Crippen molar-refractivity contribution in [2.24, 2.45) is 4.99 Å². The number of likely N-dealkylation sites (N-methyl/N-ethyl adjacent to an activating group) is 1. The van der Waals surface area contributed by atoms with Crippen LogP contribution >= 0.6 is 11.6 Å². The fourth-order valence-electron chi connectivity index (χ4n) is 5.07. The quantitative estimate of drug-likeness (QED) is 0.488. The molecule has 3 aliphatic heterocycles. The number of nitrogens with zero attached hydrogens (tertiary/aromatic N) is 4. The van der Waals surface area contributed by atoms with Crippen LogP contribution in [0.4, 0.5) is 11.4 Å². The van der Waals surface area contributed by atoms with Gasteiger partial charge < -0.3 is 20.3 Å². The Morgan fingerprint density at radius 1 is 1.21 bits per heavy atom. The Labute approximate surface area is 238 Å². The first-order chi connectivity index (χ1) is 18.7. The van der Waals surface area contributed by atoms with Crippen molar-refractivity contribution >= 4 is 28.8 Å². The average Bonchev–Trinajstić information content (AvgIpc) is 2.89. The van der Waals surface area contributed by atoms with Crippen molar-refractivity contribution in [1.29, 1.82) is 0 Å². The Bertz CT molecular complexity index is 1260. The van der Waals surface area contributed by atoms with Crippen LogP contribution in [0.25, 0.3) is 0 Å². The third-order valence-electron chi connectivity index (χ3n) is 7.02. The van der Waals surface area contributed by atoms with Crippen LogP contribution in [0.2, 0.25) is 0 Å². The summed E-state index contributed by atoms with van der Waals surface area (Å²) in [6.45, 7) is 12.0. The molecule has 2 N–H and O–H groups in total. The summed E-state index contributed by atoms with van der Waals surface area (Å²) in [4.78, 5) is 14.4. The number of morpholine rings is 1. The Morgan fingerprint density at radius 2 is 2.00 bits per heavy atom. The predicted octanol–water partition coefficient (Wildman–Crippen LogP) is 5.58. The third kappa shape index (κ3) is 6.83. The number of ether oxygens (including phenoxy) is 1. The first-order valence-corrected chi connectivity index (χ1v) is 13.7. The fourth-order valence-corrected chi connectivity index (χ4v) is 5.42. The highest BCUT2D eigenvalue weighted by molar-refractivity contribution is 6.30. The maximum absolute atomic E-state index is 6.63. The van der Waals surface area contributed by atoms with Gasteiger partial charge in [-0.3, -0.25) is 9.88 Å². The molecule has 5 rings (SSSR count). The van der Waals surface area contributed by atoms with Crippen LogP contribution in [0.5, 0.6) is 0 Å². The van der Waals surface area contributed by atoms with Crippen molar-refractivity contribution in [2.75, 3.05) is 43.9 Å². The largest absolute Gasteiger partial charge is 0.376 e. The van der Waals surface area contributed by atoms with Crippen molar-refractivity contribution in [2.45, 2.75) is 51.4 Å². The number of terminal acetylenes is 1. The Kier molecular flexibility index (Phi) is 9.01. The maximum atomic E-state index is 6.63. The van der Waals surface area contributed by atoms with Gasteiger partial charge in [-0.05, 0) is 55.1 Å². The smallest absolute Gasteiger partial charge is 0.137 e. The molecule has 2 unspecified atom stereocenters. The molecule has 1 saturated heterocycles. The highest BCUT2D eigenvalue weighted by Gasteiger charge is 2.27. The predicted molar refractivity (Wildman–Crippen MR) is 162 cm³/mol. The van der Waals surface area contributed by atoms with Crippen LogP contribution in [0.1, 0.15) is 50.6 Å². The SMILES string of the molecule is C#C.C[C@H]1CN(CC2N=C(Nc3ccc(C(C)(C)C)nc3)c3ccc(C4C(Cl)=CC=CN4C)cc3N2)CCO1. The lowest BCUT2D eigenvalue weighted by atomic mass is 9.92. The Hall–Kier alpha value is -3.31. The Morgan fingerprint density at radius 3 is 2.67 bits per heavy atom. The van der Waals surface area contributed by atoms with Gasteiger partial charge in [-0.2, -0.15) is 0 Å². The molecule has 0 bridgehead atoms. The normalized spacial score (nSPS) is 23.0. The lowest BCUT2D eigenvalue weighted by molar-refractivity contribution is -0.0190. The topological polar surface area (TPSA) is 65.0 Å². The summed E-state index contributed by atoms with van der Waals surface area (Å²) in [5.41, 5.74) is 5.20. The van der Waals surface area contributed by atoms with Crippen molar-refractivity contribution in [3.05, 3.63) is 76.7 Å². The summed E-state index contributed by atoms with van der Waals surface area (Å²) < 4.78 is 5.74. The van der Waals surface area contributed by atoms with E-state index < -0.39 is 0 Å². The van der Waals surface area contributed by atoms with Gasteiger partial charge in [-0.25, -0.2) is 4.99 Å². The summed E-state index contributed by atoms with van der Waals surface area (Å²) in [7, 11) is 2.05. The number of halogens is 1. The van der Waals surface area contributed by atoms with Crippen molar-refractivity contribution < 1.29 is 4.74 Å². The monoisotopic (exact) mass is 546 g/mol. The molecule has 0 spiro atoms. The number of hydrogen-bond donors (Lipinski definition) is 2. The van der Waals surface area contributed by atoms with E-state index in [9.17, 15) is 0 Å². The average molecular weight is 547 g/mol. The van der Waals surface area contributed by atoms with E-state index in [1.165, 1.54) is 0 Å². The van der Waals surface area contributed by atoms with Gasteiger partial charge in [0, 0.05) is 54.1 Å². The summed E-state index contributed by atoms with van der Waals surface area (Å²) in [6, 6.07) is 10.6. The van der Waals surface area contributed by atoms with Crippen LogP contribution < -0.4 is 10.6 Å². The van der Waals surface area contributed by atoms with E-state index in [1.807, 2.05) is 18.3 Å². The molecule has 0 aliphatic carbocycles. The first kappa shape index (κ1) is 28.7. The van der Waals surface area contributed by atoms with Gasteiger partial charge in [-0.1, -0.05) is 38.4 Å². The van der Waals surface area contributed by atoms with Gasteiger partial charge in [0.1, 0.15) is 12.0 Å². The summed E-state index contributed by atoms with van der Waals surface area (Å²) >= 11 is 6.63. The van der Waals surface area contributed by atoms with E-state index >= 15 is 0 Å². The second kappa shape index (κ2) is 12.3. The molecule has 0 amide bonds. The van der Waals surface area contributed by atoms with Crippen LogP contribution in [0, 0.1) is 12.8 Å². The molecule has 39 heavy (non-hydrogen) atoms. The Balaban J connectivity index is 0.00000172. The number of fused-ring (bicyclic) bond motifs is 1. The fraction of sp³-hybridized carbons (Fsp3) is 0.419. The van der Waals surface area contributed by atoms with E-state index in [0.29, 0.717) is 0 Å². The van der Waals surface area contributed by atoms with Gasteiger partial charge in [-0.15, -0.1) is 12.8 Å². The number of rotatable bonds is 4. The minimum Gasteiger partial charge on any atom is -0.376 e. The highest BCUT2D eigenvalue weighted by atomic mass is 35.5. The van der Waals surface area contributed by atoms with E-state index in [0.717, 1.165) is 65.3 Å². The second-order valence-corrected chi connectivity index (χ2v) is 11.6. The van der Waals surface area contributed by atoms with Gasteiger partial charge >= 0.3 is 0 Å². The molecule has 1 aromatic heterocycles. The molecule has 4 heterocycles. The van der Waals surface area contributed by atoms with E-state index in [1.54, 1.807) is 0 Å². The van der Waals surface area contributed by atoms with E-state index in [-0.39, 0.29) is 23.7 Å². The molecule has 1 fully saturated rings. The van der Waals surface area contributed by atoms with Crippen LogP contribution in [-0.2, 0) is 10.2 Å². The zero-order valence-corrected chi connectivity index (χ0v) is 24.2. The molecular weight excluding hydrogens is 508 g/mol. The highest BCUT2D eigenvalue weighted by Crippen LogP contribution is 2.36. The summed E-state index contributed by atoms with van der Waals surface area (Å²) in [6.07, 6.45) is 16.0. The number of benzene rings is 1. The van der Waals surface area contributed by atoms with Gasteiger partial charge in [0.05, 0.1) is 30.6 Å². The molecule has 3 atom stereocenters. The van der Waals surface area contributed by atoms with E-state index in [4.69, 9.17) is 26.3 Å². The molecule has 0 radical (unpaired) electrons. The number of anilines is 2.